The fourth-order valence-corrected chi connectivity index (χ4v) is 3.04. The molecule has 0 bridgehead atoms. The Kier molecular flexibility index (Phi) is 4.42. The Hall–Kier alpha value is -0.850. The Morgan fingerprint density at radius 1 is 1.50 bits per heavy atom. The van der Waals surface area contributed by atoms with Gasteiger partial charge in [-0.2, -0.15) is 0 Å². The van der Waals surface area contributed by atoms with Crippen molar-refractivity contribution in [2.45, 2.75) is 17.5 Å². The van der Waals surface area contributed by atoms with Gasteiger partial charge in [0.15, 0.2) is 5.16 Å². The molecule has 96 valence electrons. The van der Waals surface area contributed by atoms with Crippen LogP contribution in [0.1, 0.15) is 11.3 Å². The molecular weight excluding hydrogens is 319 g/mol. The normalized spacial score (nSPS) is 10.9. The molecule has 0 aliphatic rings. The van der Waals surface area contributed by atoms with E-state index < -0.39 is 0 Å². The van der Waals surface area contributed by atoms with Gasteiger partial charge in [0.25, 0.3) is 0 Å². The van der Waals surface area contributed by atoms with Crippen LogP contribution in [0.5, 0.6) is 0 Å². The van der Waals surface area contributed by atoms with Crippen molar-refractivity contribution in [3.8, 4) is 0 Å². The maximum Gasteiger partial charge on any atom is 0.168 e. The van der Waals surface area contributed by atoms with Gasteiger partial charge in [-0.15, -0.1) is 0 Å². The standard InChI is InChI=1S/C12H12BrFN2OS/c1-16-10(6-17)5-15-12(16)18-7-8-4-9(14)2-3-11(8)13/h2-5,17H,6-7H2,1H3. The second-order valence-electron chi connectivity index (χ2n) is 3.77. The number of nitrogens with zero attached hydrogens (tertiary/aromatic N) is 2. The SMILES string of the molecule is Cn1c(CO)cnc1SCc1cc(F)ccc1Br. The topological polar surface area (TPSA) is 38.0 Å². The van der Waals surface area contributed by atoms with Crippen LogP contribution in [0.25, 0.3) is 0 Å². The molecule has 0 saturated heterocycles. The predicted octanol–water partition coefficient (Wildman–Crippen LogP) is 3.11. The van der Waals surface area contributed by atoms with Crippen LogP contribution in [-0.4, -0.2) is 14.7 Å². The minimum atomic E-state index is -0.246. The molecule has 0 amide bonds. The monoisotopic (exact) mass is 330 g/mol. The highest BCUT2D eigenvalue weighted by Gasteiger charge is 2.08. The lowest BCUT2D eigenvalue weighted by Gasteiger charge is -2.06. The van der Waals surface area contributed by atoms with E-state index in [-0.39, 0.29) is 12.4 Å². The second-order valence-corrected chi connectivity index (χ2v) is 5.57. The van der Waals surface area contributed by atoms with Crippen LogP contribution in [0, 0.1) is 5.82 Å². The molecule has 0 radical (unpaired) electrons. The van der Waals surface area contributed by atoms with Gasteiger partial charge in [0.1, 0.15) is 5.82 Å². The van der Waals surface area contributed by atoms with Crippen LogP contribution in [0.3, 0.4) is 0 Å². The number of thioether (sulfide) groups is 1. The lowest BCUT2D eigenvalue weighted by Crippen LogP contribution is -1.97. The van der Waals surface area contributed by atoms with E-state index in [0.29, 0.717) is 5.75 Å². The Balaban J connectivity index is 2.11. The van der Waals surface area contributed by atoms with Gasteiger partial charge in [-0.1, -0.05) is 27.7 Å². The molecule has 0 aliphatic heterocycles. The average Bonchev–Trinajstić information content (AvgIpc) is 2.71. The van der Waals surface area contributed by atoms with Crippen molar-refractivity contribution in [3.05, 3.63) is 45.9 Å². The number of halogens is 2. The number of aromatic nitrogens is 2. The van der Waals surface area contributed by atoms with Gasteiger partial charge in [0, 0.05) is 17.3 Å². The zero-order chi connectivity index (χ0) is 13.1. The maximum atomic E-state index is 13.1. The summed E-state index contributed by atoms with van der Waals surface area (Å²) in [4.78, 5) is 4.21. The summed E-state index contributed by atoms with van der Waals surface area (Å²) in [6.45, 7) is -0.0340. The number of benzene rings is 1. The van der Waals surface area contributed by atoms with Gasteiger partial charge >= 0.3 is 0 Å². The van der Waals surface area contributed by atoms with Crippen molar-refractivity contribution in [2.75, 3.05) is 0 Å². The van der Waals surface area contributed by atoms with E-state index in [1.54, 1.807) is 12.3 Å². The molecule has 3 nitrogen and oxygen atoms in total. The summed E-state index contributed by atoms with van der Waals surface area (Å²) in [6.07, 6.45) is 1.64. The third-order valence-corrected chi connectivity index (χ3v) is 4.43. The molecule has 0 saturated carbocycles. The lowest BCUT2D eigenvalue weighted by molar-refractivity contribution is 0.271. The van der Waals surface area contributed by atoms with Crippen LogP contribution >= 0.6 is 27.7 Å². The molecular formula is C12H12BrFN2OS. The summed E-state index contributed by atoms with van der Waals surface area (Å²) in [5.41, 5.74) is 1.64. The largest absolute Gasteiger partial charge is 0.390 e. The van der Waals surface area contributed by atoms with E-state index in [2.05, 4.69) is 20.9 Å². The average molecular weight is 331 g/mol. The highest BCUT2D eigenvalue weighted by molar-refractivity contribution is 9.10. The quantitative estimate of drug-likeness (QED) is 0.875. The number of hydrogen-bond acceptors (Lipinski definition) is 3. The number of imidazole rings is 1. The first kappa shape index (κ1) is 13.6. The summed E-state index contributed by atoms with van der Waals surface area (Å²) in [5.74, 6) is 0.373. The minimum Gasteiger partial charge on any atom is -0.390 e. The summed E-state index contributed by atoms with van der Waals surface area (Å²) in [6, 6.07) is 4.62. The van der Waals surface area contributed by atoms with Crippen LogP contribution in [0.4, 0.5) is 4.39 Å². The Morgan fingerprint density at radius 2 is 2.28 bits per heavy atom. The molecule has 6 heteroatoms. The zero-order valence-corrected chi connectivity index (χ0v) is 12.1. The molecule has 0 atom stereocenters. The first-order valence-corrected chi connectivity index (χ1v) is 7.08. The van der Waals surface area contributed by atoms with Gasteiger partial charge in [-0.25, -0.2) is 9.37 Å². The van der Waals surface area contributed by atoms with Crippen molar-refractivity contribution in [1.82, 2.24) is 9.55 Å². The van der Waals surface area contributed by atoms with Gasteiger partial charge in [-0.05, 0) is 23.8 Å². The number of aliphatic hydroxyl groups excluding tert-OH is 1. The molecule has 0 aliphatic carbocycles. The Bertz CT molecular complexity index is 559. The van der Waals surface area contributed by atoms with Crippen molar-refractivity contribution >= 4 is 27.7 Å². The van der Waals surface area contributed by atoms with Gasteiger partial charge in [-0.3, -0.25) is 0 Å². The van der Waals surface area contributed by atoms with Crippen molar-refractivity contribution in [3.63, 3.8) is 0 Å². The fourth-order valence-electron chi connectivity index (χ4n) is 1.50. The third-order valence-electron chi connectivity index (χ3n) is 2.57. The molecule has 0 fully saturated rings. The summed E-state index contributed by atoms with van der Waals surface area (Å²) >= 11 is 4.90. The van der Waals surface area contributed by atoms with Gasteiger partial charge in [0.2, 0.25) is 0 Å². The predicted molar refractivity (Wildman–Crippen MR) is 72.8 cm³/mol. The summed E-state index contributed by atoms with van der Waals surface area (Å²) in [5, 5.41) is 9.87. The first-order chi connectivity index (χ1) is 8.61. The van der Waals surface area contributed by atoms with E-state index in [0.717, 1.165) is 20.9 Å². The van der Waals surface area contributed by atoms with E-state index in [1.165, 1.54) is 23.9 Å². The fraction of sp³-hybridized carbons (Fsp3) is 0.250. The molecule has 1 N–H and O–H groups in total. The molecule has 1 aromatic heterocycles. The van der Waals surface area contributed by atoms with Gasteiger partial charge < -0.3 is 9.67 Å². The second kappa shape index (κ2) is 5.86. The molecule has 2 rings (SSSR count). The molecule has 1 aromatic carbocycles. The Labute approximate surface area is 117 Å². The Morgan fingerprint density at radius 3 is 2.94 bits per heavy atom. The van der Waals surface area contributed by atoms with Crippen molar-refractivity contribution < 1.29 is 9.50 Å². The minimum absolute atomic E-state index is 0.0340. The summed E-state index contributed by atoms with van der Waals surface area (Å²) in [7, 11) is 1.85. The van der Waals surface area contributed by atoms with E-state index in [9.17, 15) is 4.39 Å². The first-order valence-electron chi connectivity index (χ1n) is 5.30. The van der Waals surface area contributed by atoms with E-state index >= 15 is 0 Å². The van der Waals surface area contributed by atoms with E-state index in [1.807, 2.05) is 11.6 Å². The van der Waals surface area contributed by atoms with Crippen molar-refractivity contribution in [2.24, 2.45) is 7.05 Å². The molecule has 0 spiro atoms. The third kappa shape index (κ3) is 2.93. The van der Waals surface area contributed by atoms with Crippen molar-refractivity contribution in [1.29, 1.82) is 0 Å². The molecule has 0 unspecified atom stereocenters. The van der Waals surface area contributed by atoms with Crippen LogP contribution < -0.4 is 0 Å². The highest BCUT2D eigenvalue weighted by atomic mass is 79.9. The lowest BCUT2D eigenvalue weighted by atomic mass is 10.2. The molecule has 18 heavy (non-hydrogen) atoms. The van der Waals surface area contributed by atoms with Crippen LogP contribution in [0.2, 0.25) is 0 Å². The van der Waals surface area contributed by atoms with Gasteiger partial charge in [0.05, 0.1) is 18.5 Å². The molecule has 2 aromatic rings. The number of aliphatic hydroxyl groups is 1. The van der Waals surface area contributed by atoms with E-state index in [4.69, 9.17) is 5.11 Å². The van der Waals surface area contributed by atoms with Crippen LogP contribution in [0.15, 0.2) is 34.0 Å². The zero-order valence-electron chi connectivity index (χ0n) is 9.73. The number of hydrogen-bond donors (Lipinski definition) is 1. The highest BCUT2D eigenvalue weighted by Crippen LogP contribution is 2.27. The smallest absolute Gasteiger partial charge is 0.168 e. The van der Waals surface area contributed by atoms with Crippen LogP contribution in [-0.2, 0) is 19.4 Å². The molecule has 1 heterocycles. The number of rotatable bonds is 4. The summed E-state index contributed by atoms with van der Waals surface area (Å²) < 4.78 is 15.8. The maximum absolute atomic E-state index is 13.1.